The highest BCUT2D eigenvalue weighted by Crippen LogP contribution is 2.28. The van der Waals surface area contributed by atoms with E-state index < -0.39 is 6.10 Å². The molecule has 0 aliphatic rings. The van der Waals surface area contributed by atoms with Crippen molar-refractivity contribution in [1.29, 1.82) is 0 Å². The van der Waals surface area contributed by atoms with E-state index in [1.807, 2.05) is 39.8 Å². The monoisotopic (exact) mass is 432 g/mol. The first-order chi connectivity index (χ1) is 12.7. The van der Waals surface area contributed by atoms with Crippen LogP contribution in [0.25, 0.3) is 0 Å². The van der Waals surface area contributed by atoms with Crippen molar-refractivity contribution >= 4 is 39.1 Å². The molecule has 2 aromatic rings. The number of aryl methyl sites for hydroxylation is 2. The molecule has 1 unspecified atom stereocenters. The highest BCUT2D eigenvalue weighted by molar-refractivity contribution is 9.10. The number of amides is 2. The van der Waals surface area contributed by atoms with Gasteiger partial charge in [0.1, 0.15) is 5.75 Å². The molecule has 0 radical (unpaired) electrons. The van der Waals surface area contributed by atoms with Gasteiger partial charge in [-0.15, -0.1) is 0 Å². The lowest BCUT2D eigenvalue weighted by Crippen LogP contribution is -2.30. The molecule has 0 saturated carbocycles. The summed E-state index contributed by atoms with van der Waals surface area (Å²) >= 11 is 3.45. The Morgan fingerprint density at radius 1 is 0.926 bits per heavy atom. The van der Waals surface area contributed by atoms with E-state index in [2.05, 4.69) is 26.6 Å². The first kappa shape index (κ1) is 21.0. The van der Waals surface area contributed by atoms with E-state index >= 15 is 0 Å². The van der Waals surface area contributed by atoms with E-state index in [1.54, 1.807) is 31.2 Å². The Morgan fingerprint density at radius 2 is 1.44 bits per heavy atom. The number of hydrogen-bond donors (Lipinski definition) is 2. The molecular weight excluding hydrogens is 408 g/mol. The summed E-state index contributed by atoms with van der Waals surface area (Å²) in [7, 11) is 0. The smallest absolute Gasteiger partial charge is 0.265 e. The average molecular weight is 433 g/mol. The summed E-state index contributed by atoms with van der Waals surface area (Å²) < 4.78 is 6.86. The fourth-order valence-corrected chi connectivity index (χ4v) is 3.21. The maximum absolute atomic E-state index is 12.5. The summed E-state index contributed by atoms with van der Waals surface area (Å²) in [5.74, 6) is 0.258. The molecule has 2 aromatic carbocycles. The average Bonchev–Trinajstić information content (AvgIpc) is 2.58. The molecule has 1 atom stereocenters. The van der Waals surface area contributed by atoms with Crippen LogP contribution in [0.1, 0.15) is 31.9 Å². The van der Waals surface area contributed by atoms with Crippen LogP contribution in [0.3, 0.4) is 0 Å². The zero-order valence-electron chi connectivity index (χ0n) is 16.2. The van der Waals surface area contributed by atoms with Gasteiger partial charge in [0.2, 0.25) is 5.91 Å². The van der Waals surface area contributed by atoms with E-state index in [9.17, 15) is 9.59 Å². The second-order valence-electron chi connectivity index (χ2n) is 6.84. The molecule has 0 saturated heterocycles. The van der Waals surface area contributed by atoms with Crippen LogP contribution in [-0.2, 0) is 9.59 Å². The van der Waals surface area contributed by atoms with Gasteiger partial charge < -0.3 is 15.4 Å². The second kappa shape index (κ2) is 9.04. The predicted octanol–water partition coefficient (Wildman–Crippen LogP) is 5.07. The highest BCUT2D eigenvalue weighted by atomic mass is 79.9. The highest BCUT2D eigenvalue weighted by Gasteiger charge is 2.18. The van der Waals surface area contributed by atoms with Crippen molar-refractivity contribution in [3.05, 3.63) is 52.0 Å². The fourth-order valence-electron chi connectivity index (χ4n) is 2.52. The summed E-state index contributed by atoms with van der Waals surface area (Å²) in [5, 5.41) is 5.65. The molecule has 0 aromatic heterocycles. The van der Waals surface area contributed by atoms with Gasteiger partial charge in [-0.3, -0.25) is 9.59 Å². The van der Waals surface area contributed by atoms with Gasteiger partial charge in [-0.2, -0.15) is 0 Å². The molecule has 6 heteroatoms. The van der Waals surface area contributed by atoms with E-state index in [1.165, 1.54) is 0 Å². The lowest BCUT2D eigenvalue weighted by molar-refractivity contribution is -0.122. The number of carbonyl (C=O) groups is 2. The molecule has 5 nitrogen and oxygen atoms in total. The van der Waals surface area contributed by atoms with Gasteiger partial charge in [0.15, 0.2) is 6.10 Å². The van der Waals surface area contributed by atoms with Crippen molar-refractivity contribution in [3.63, 3.8) is 0 Å². The maximum Gasteiger partial charge on any atom is 0.265 e. The molecule has 2 amide bonds. The van der Waals surface area contributed by atoms with Gasteiger partial charge in [0.05, 0.1) is 0 Å². The summed E-state index contributed by atoms with van der Waals surface area (Å²) in [6, 6.07) is 11.0. The van der Waals surface area contributed by atoms with Crippen LogP contribution in [0.4, 0.5) is 11.4 Å². The number of ether oxygens (including phenoxy) is 1. The summed E-state index contributed by atoms with van der Waals surface area (Å²) in [6.45, 7) is 9.25. The number of carbonyl (C=O) groups excluding carboxylic acids is 2. The third kappa shape index (κ3) is 5.82. The summed E-state index contributed by atoms with van der Waals surface area (Å²) in [5.41, 5.74) is 3.15. The van der Waals surface area contributed by atoms with Crippen molar-refractivity contribution < 1.29 is 14.3 Å². The van der Waals surface area contributed by atoms with Gasteiger partial charge in [-0.05, 0) is 62.2 Å². The molecule has 0 fully saturated rings. The Kier molecular flexibility index (Phi) is 7.02. The molecule has 144 valence electrons. The minimum absolute atomic E-state index is 0.0728. The first-order valence-electron chi connectivity index (χ1n) is 8.82. The van der Waals surface area contributed by atoms with Crippen molar-refractivity contribution in [2.24, 2.45) is 5.92 Å². The number of rotatable bonds is 6. The van der Waals surface area contributed by atoms with E-state index in [-0.39, 0.29) is 17.7 Å². The molecule has 0 bridgehead atoms. The molecule has 2 N–H and O–H groups in total. The van der Waals surface area contributed by atoms with Crippen LogP contribution in [0.5, 0.6) is 5.75 Å². The normalized spacial score (nSPS) is 11.8. The van der Waals surface area contributed by atoms with Gasteiger partial charge in [-0.1, -0.05) is 35.8 Å². The molecule has 0 spiro atoms. The second-order valence-corrected chi connectivity index (χ2v) is 7.76. The van der Waals surface area contributed by atoms with Crippen molar-refractivity contribution in [1.82, 2.24) is 0 Å². The molecular formula is C21H25BrN2O3. The third-order valence-corrected chi connectivity index (χ3v) is 4.47. The molecule has 0 aliphatic carbocycles. The first-order valence-corrected chi connectivity index (χ1v) is 9.62. The largest absolute Gasteiger partial charge is 0.480 e. The standard InChI is InChI=1S/C21H25BrN2O3/c1-12(2)20(25)23-17-7-6-8-18(11-17)24-21(26)15(5)27-19-13(3)9-16(22)10-14(19)4/h6-12,15H,1-5H3,(H,23,25)(H,24,26). The quantitative estimate of drug-likeness (QED) is 0.669. The number of nitrogens with one attached hydrogen (secondary N) is 2. The van der Waals surface area contributed by atoms with E-state index in [0.717, 1.165) is 15.6 Å². The van der Waals surface area contributed by atoms with Gasteiger partial charge in [-0.25, -0.2) is 0 Å². The molecule has 0 heterocycles. The summed E-state index contributed by atoms with van der Waals surface area (Å²) in [4.78, 5) is 24.3. The van der Waals surface area contributed by atoms with Crippen LogP contribution in [0.15, 0.2) is 40.9 Å². The number of halogens is 1. The van der Waals surface area contributed by atoms with E-state index in [0.29, 0.717) is 17.1 Å². The Bertz CT molecular complexity index is 826. The fraction of sp³-hybridized carbons (Fsp3) is 0.333. The van der Waals surface area contributed by atoms with Gasteiger partial charge >= 0.3 is 0 Å². The Labute approximate surface area is 168 Å². The lowest BCUT2D eigenvalue weighted by Gasteiger charge is -2.18. The number of benzene rings is 2. The summed E-state index contributed by atoms with van der Waals surface area (Å²) in [6.07, 6.45) is -0.669. The van der Waals surface area contributed by atoms with Crippen LogP contribution in [0, 0.1) is 19.8 Å². The number of hydrogen-bond acceptors (Lipinski definition) is 3. The van der Waals surface area contributed by atoms with Crippen LogP contribution >= 0.6 is 15.9 Å². The minimum Gasteiger partial charge on any atom is -0.480 e. The Balaban J connectivity index is 2.05. The van der Waals surface area contributed by atoms with Gasteiger partial charge in [0.25, 0.3) is 5.91 Å². The Hall–Kier alpha value is -2.34. The molecule has 27 heavy (non-hydrogen) atoms. The number of anilines is 2. The topological polar surface area (TPSA) is 67.4 Å². The molecule has 2 rings (SSSR count). The lowest BCUT2D eigenvalue weighted by atomic mass is 10.1. The van der Waals surface area contributed by atoms with Gasteiger partial charge in [0, 0.05) is 21.8 Å². The Morgan fingerprint density at radius 3 is 1.96 bits per heavy atom. The van der Waals surface area contributed by atoms with E-state index in [4.69, 9.17) is 4.74 Å². The molecule has 0 aliphatic heterocycles. The zero-order chi connectivity index (χ0) is 20.1. The maximum atomic E-state index is 12.5. The van der Waals surface area contributed by atoms with Crippen molar-refractivity contribution in [2.45, 2.75) is 40.7 Å². The van der Waals surface area contributed by atoms with Crippen molar-refractivity contribution in [3.8, 4) is 5.75 Å². The minimum atomic E-state index is -0.669. The third-order valence-electron chi connectivity index (χ3n) is 4.01. The van der Waals surface area contributed by atoms with Crippen LogP contribution in [-0.4, -0.2) is 17.9 Å². The zero-order valence-corrected chi connectivity index (χ0v) is 17.8. The predicted molar refractivity (Wildman–Crippen MR) is 112 cm³/mol. The van der Waals surface area contributed by atoms with Crippen LogP contribution < -0.4 is 15.4 Å². The SMILES string of the molecule is Cc1cc(Br)cc(C)c1OC(C)C(=O)Nc1cccc(NC(=O)C(C)C)c1. The van der Waals surface area contributed by atoms with Crippen molar-refractivity contribution in [2.75, 3.05) is 10.6 Å². The van der Waals surface area contributed by atoms with Crippen LogP contribution in [0.2, 0.25) is 0 Å².